The maximum atomic E-state index is 6.15. The molecular formula is C19H29N9. The molecule has 0 spiro atoms. The summed E-state index contributed by atoms with van der Waals surface area (Å²) in [6.45, 7) is 2.73. The zero-order valence-electron chi connectivity index (χ0n) is 16.3. The van der Waals surface area contributed by atoms with E-state index in [0.717, 1.165) is 50.5 Å². The van der Waals surface area contributed by atoms with Crippen LogP contribution in [0.15, 0.2) is 24.7 Å². The average Bonchev–Trinajstić information content (AvgIpc) is 3.34. The van der Waals surface area contributed by atoms with Gasteiger partial charge in [-0.3, -0.25) is 10.1 Å². The number of nitrogens with two attached hydrogens (primary N) is 1. The molecule has 0 bridgehead atoms. The lowest BCUT2D eigenvalue weighted by Crippen LogP contribution is -2.46. The van der Waals surface area contributed by atoms with E-state index in [9.17, 15) is 0 Å². The number of fused-ring (bicyclic) bond motifs is 1. The van der Waals surface area contributed by atoms with Crippen molar-refractivity contribution in [2.24, 2.45) is 18.7 Å². The maximum Gasteiger partial charge on any atom is 0.225 e. The minimum atomic E-state index is 0.173. The number of nitrogens with zero attached hydrogens (tertiary/aromatic N) is 5. The maximum absolute atomic E-state index is 6.15. The van der Waals surface area contributed by atoms with E-state index in [1.54, 1.807) is 0 Å². The zero-order chi connectivity index (χ0) is 19.1. The predicted molar refractivity (Wildman–Crippen MR) is 106 cm³/mol. The standard InChI is InChI=1S/C19H29N9/c1-27-10-12(8-23-27)16-7-14-17(9-22-16)25-26-18(14)15-4-5-21-19(24-15)28-6-2-3-13(20)11-28/h4-5,8,10,13-14,16-18,22,25-26H,2-3,6-7,9,11,20H2,1H3/t13-,14?,16?,17?,18?/m1/s1. The van der Waals surface area contributed by atoms with Gasteiger partial charge in [-0.25, -0.2) is 15.4 Å². The summed E-state index contributed by atoms with van der Waals surface area (Å²) < 4.78 is 1.87. The molecular weight excluding hydrogens is 354 g/mol. The molecule has 3 aliphatic rings. The van der Waals surface area contributed by atoms with E-state index >= 15 is 0 Å². The summed E-state index contributed by atoms with van der Waals surface area (Å²) in [5, 5.41) is 7.98. The Morgan fingerprint density at radius 3 is 3.04 bits per heavy atom. The Morgan fingerprint density at radius 2 is 2.21 bits per heavy atom. The Morgan fingerprint density at radius 1 is 1.29 bits per heavy atom. The third kappa shape index (κ3) is 3.39. The molecule has 4 unspecified atom stereocenters. The van der Waals surface area contributed by atoms with Gasteiger partial charge in [-0.05, 0) is 25.3 Å². The highest BCUT2D eigenvalue weighted by Gasteiger charge is 2.42. The van der Waals surface area contributed by atoms with Crippen LogP contribution in [0.1, 0.15) is 42.6 Å². The lowest BCUT2D eigenvalue weighted by molar-refractivity contribution is 0.265. The highest BCUT2D eigenvalue weighted by atomic mass is 15.4. The fourth-order valence-corrected chi connectivity index (χ4v) is 4.82. The lowest BCUT2D eigenvalue weighted by Gasteiger charge is -2.34. The van der Waals surface area contributed by atoms with E-state index in [4.69, 9.17) is 10.7 Å². The van der Waals surface area contributed by atoms with Crippen LogP contribution in [0.25, 0.3) is 0 Å². The predicted octanol–water partition coefficient (Wildman–Crippen LogP) is 0.00590. The van der Waals surface area contributed by atoms with Crippen LogP contribution in [-0.2, 0) is 7.05 Å². The van der Waals surface area contributed by atoms with E-state index in [0.29, 0.717) is 18.0 Å². The molecule has 3 saturated heterocycles. The summed E-state index contributed by atoms with van der Waals surface area (Å²) >= 11 is 0. The van der Waals surface area contributed by atoms with E-state index in [1.165, 1.54) is 5.56 Å². The number of piperidine rings is 2. The second kappa shape index (κ2) is 7.40. The third-order valence-corrected chi connectivity index (χ3v) is 6.31. The molecule has 28 heavy (non-hydrogen) atoms. The summed E-state index contributed by atoms with van der Waals surface area (Å²) in [5.41, 5.74) is 15.4. The van der Waals surface area contributed by atoms with E-state index < -0.39 is 0 Å². The topological polar surface area (TPSA) is 109 Å². The average molecular weight is 384 g/mol. The van der Waals surface area contributed by atoms with Crippen molar-refractivity contribution in [1.82, 2.24) is 35.9 Å². The highest BCUT2D eigenvalue weighted by Crippen LogP contribution is 2.38. The summed E-state index contributed by atoms with van der Waals surface area (Å²) in [4.78, 5) is 11.7. The molecule has 5 N–H and O–H groups in total. The monoisotopic (exact) mass is 383 g/mol. The van der Waals surface area contributed by atoms with Crippen molar-refractivity contribution in [2.45, 2.75) is 43.4 Å². The van der Waals surface area contributed by atoms with Crippen molar-refractivity contribution in [2.75, 3.05) is 24.5 Å². The molecule has 0 aliphatic carbocycles. The van der Waals surface area contributed by atoms with Gasteiger partial charge in [0.15, 0.2) is 0 Å². The van der Waals surface area contributed by atoms with Gasteiger partial charge in [-0.15, -0.1) is 0 Å². The van der Waals surface area contributed by atoms with Crippen molar-refractivity contribution in [3.05, 3.63) is 35.9 Å². The van der Waals surface area contributed by atoms with Gasteiger partial charge in [0.25, 0.3) is 0 Å². The molecule has 9 nitrogen and oxygen atoms in total. The van der Waals surface area contributed by atoms with Crippen LogP contribution < -0.4 is 26.8 Å². The van der Waals surface area contributed by atoms with E-state index in [-0.39, 0.29) is 12.1 Å². The van der Waals surface area contributed by atoms with Crippen LogP contribution in [0, 0.1) is 5.92 Å². The number of aryl methyl sites for hydroxylation is 1. The molecule has 9 heteroatoms. The number of nitrogens with one attached hydrogen (secondary N) is 3. The normalized spacial score (nSPS) is 33.1. The first-order valence-electron chi connectivity index (χ1n) is 10.2. The van der Waals surface area contributed by atoms with Gasteiger partial charge in [-0.2, -0.15) is 5.10 Å². The lowest BCUT2D eigenvalue weighted by atomic mass is 9.82. The molecule has 5 atom stereocenters. The quantitative estimate of drug-likeness (QED) is 0.587. The van der Waals surface area contributed by atoms with Crippen LogP contribution in [-0.4, -0.2) is 51.5 Å². The molecule has 0 aromatic carbocycles. The Hall–Kier alpha value is -2.07. The molecule has 0 saturated carbocycles. The van der Waals surface area contributed by atoms with Crippen molar-refractivity contribution in [3.8, 4) is 0 Å². The second-order valence-electron chi connectivity index (χ2n) is 8.31. The van der Waals surface area contributed by atoms with Gasteiger partial charge in [0.1, 0.15) is 0 Å². The molecule has 2 aromatic rings. The van der Waals surface area contributed by atoms with E-state index in [1.807, 2.05) is 30.2 Å². The Kier molecular flexibility index (Phi) is 4.75. The summed E-state index contributed by atoms with van der Waals surface area (Å²) in [6, 6.07) is 3.13. The molecule has 5 rings (SSSR count). The van der Waals surface area contributed by atoms with Crippen LogP contribution >= 0.6 is 0 Å². The van der Waals surface area contributed by atoms with Crippen LogP contribution in [0.2, 0.25) is 0 Å². The molecule has 5 heterocycles. The fourth-order valence-electron chi connectivity index (χ4n) is 4.82. The van der Waals surface area contributed by atoms with Crippen molar-refractivity contribution in [1.29, 1.82) is 0 Å². The van der Waals surface area contributed by atoms with E-state index in [2.05, 4.69) is 37.3 Å². The van der Waals surface area contributed by atoms with Crippen molar-refractivity contribution >= 4 is 5.95 Å². The van der Waals surface area contributed by atoms with Gasteiger partial charge in [0.2, 0.25) is 5.95 Å². The smallest absolute Gasteiger partial charge is 0.225 e. The third-order valence-electron chi connectivity index (χ3n) is 6.31. The summed E-state index contributed by atoms with van der Waals surface area (Å²) in [7, 11) is 1.96. The number of hydrogen-bond donors (Lipinski definition) is 4. The number of aromatic nitrogens is 4. The minimum absolute atomic E-state index is 0.173. The molecule has 3 fully saturated rings. The van der Waals surface area contributed by atoms with Gasteiger partial charge < -0.3 is 16.0 Å². The van der Waals surface area contributed by atoms with Crippen LogP contribution in [0.4, 0.5) is 5.95 Å². The Balaban J connectivity index is 1.35. The summed E-state index contributed by atoms with van der Waals surface area (Å²) in [6.07, 6.45) is 9.16. The largest absolute Gasteiger partial charge is 0.339 e. The molecule has 3 aliphatic heterocycles. The Labute approximate surface area is 165 Å². The van der Waals surface area contributed by atoms with Gasteiger partial charge in [-0.1, -0.05) is 0 Å². The van der Waals surface area contributed by atoms with Crippen LogP contribution in [0.3, 0.4) is 0 Å². The van der Waals surface area contributed by atoms with Crippen LogP contribution in [0.5, 0.6) is 0 Å². The van der Waals surface area contributed by atoms with Gasteiger partial charge in [0.05, 0.1) is 17.9 Å². The molecule has 2 aromatic heterocycles. The molecule has 150 valence electrons. The van der Waals surface area contributed by atoms with Crippen molar-refractivity contribution < 1.29 is 0 Å². The fraction of sp³-hybridized carbons (Fsp3) is 0.632. The molecule has 0 amide bonds. The number of rotatable bonds is 3. The first kappa shape index (κ1) is 18.0. The summed E-state index contributed by atoms with van der Waals surface area (Å²) in [5.74, 6) is 1.26. The first-order valence-corrected chi connectivity index (χ1v) is 10.2. The highest BCUT2D eigenvalue weighted by molar-refractivity contribution is 5.33. The van der Waals surface area contributed by atoms with Gasteiger partial charge in [0, 0.05) is 68.7 Å². The first-order chi connectivity index (χ1) is 13.7. The number of anilines is 1. The SMILES string of the molecule is Cn1cc(C2CC3C(CN2)NNC3c2ccnc(N3CCC[C@@H](N)C3)n2)cn1. The second-order valence-corrected chi connectivity index (χ2v) is 8.31. The number of hydrazine groups is 1. The molecule has 0 radical (unpaired) electrons. The van der Waals surface area contributed by atoms with Crippen molar-refractivity contribution in [3.63, 3.8) is 0 Å². The zero-order valence-corrected chi connectivity index (χ0v) is 16.3. The van der Waals surface area contributed by atoms with Gasteiger partial charge >= 0.3 is 0 Å². The number of hydrogen-bond acceptors (Lipinski definition) is 8. The Bertz CT molecular complexity index is 821. The minimum Gasteiger partial charge on any atom is -0.339 e.